The van der Waals surface area contributed by atoms with E-state index in [-0.39, 0.29) is 23.6 Å². The maximum absolute atomic E-state index is 12.2. The van der Waals surface area contributed by atoms with E-state index in [4.69, 9.17) is 0 Å². The number of urea groups is 1. The van der Waals surface area contributed by atoms with Gasteiger partial charge in [-0.15, -0.1) is 0 Å². The molecule has 1 aliphatic rings. The minimum atomic E-state index is -0.329. The first-order valence-corrected chi connectivity index (χ1v) is 10.4. The van der Waals surface area contributed by atoms with Crippen LogP contribution < -0.4 is 16.0 Å². The normalized spacial score (nSPS) is 13.3. The van der Waals surface area contributed by atoms with Crippen molar-refractivity contribution in [3.63, 3.8) is 0 Å². The van der Waals surface area contributed by atoms with Crippen molar-refractivity contribution < 1.29 is 14.4 Å². The molecule has 0 spiro atoms. The predicted octanol–water partition coefficient (Wildman–Crippen LogP) is 3.81. The quantitative estimate of drug-likeness (QED) is 0.645. The van der Waals surface area contributed by atoms with Crippen molar-refractivity contribution in [3.05, 3.63) is 59.7 Å². The molecule has 2 aromatic rings. The molecule has 0 aromatic heterocycles. The monoisotopic (exact) mass is 412 g/mol. The summed E-state index contributed by atoms with van der Waals surface area (Å²) in [5.74, 6) is 0.683. The van der Waals surface area contributed by atoms with Crippen LogP contribution in [0, 0.1) is 6.92 Å². The van der Waals surface area contributed by atoms with Crippen LogP contribution in [0.25, 0.3) is 0 Å². The number of carbonyl (C=O) groups is 3. The number of benzene rings is 2. The van der Waals surface area contributed by atoms with Crippen LogP contribution in [-0.2, 0) is 11.3 Å². The summed E-state index contributed by atoms with van der Waals surface area (Å²) in [4.78, 5) is 37.5. The number of aryl methyl sites for hydroxylation is 1. The number of rotatable bonds is 7. The minimum absolute atomic E-state index is 0.0421. The molecule has 8 heteroatoms. The van der Waals surface area contributed by atoms with E-state index < -0.39 is 0 Å². The van der Waals surface area contributed by atoms with Crippen molar-refractivity contribution in [1.82, 2.24) is 10.2 Å². The van der Waals surface area contributed by atoms with Gasteiger partial charge in [0.15, 0.2) is 0 Å². The van der Waals surface area contributed by atoms with E-state index in [1.807, 2.05) is 49.4 Å². The van der Waals surface area contributed by atoms with E-state index in [0.717, 1.165) is 22.6 Å². The Kier molecular flexibility index (Phi) is 7.13. The molecule has 3 rings (SSSR count). The van der Waals surface area contributed by atoms with Crippen molar-refractivity contribution in [2.45, 2.75) is 19.9 Å². The van der Waals surface area contributed by atoms with Gasteiger partial charge in [0.1, 0.15) is 0 Å². The van der Waals surface area contributed by atoms with Crippen LogP contribution >= 0.6 is 11.8 Å². The summed E-state index contributed by atoms with van der Waals surface area (Å²) >= 11 is 1.29. The minimum Gasteiger partial charge on any atom is -0.352 e. The zero-order valence-electron chi connectivity index (χ0n) is 16.2. The molecular weight excluding hydrogens is 388 g/mol. The second kappa shape index (κ2) is 9.97. The van der Waals surface area contributed by atoms with E-state index in [1.54, 1.807) is 11.0 Å². The highest BCUT2D eigenvalue weighted by Gasteiger charge is 2.21. The summed E-state index contributed by atoms with van der Waals surface area (Å²) in [5.41, 5.74) is 3.30. The Balaban J connectivity index is 1.45. The molecule has 0 unspecified atom stereocenters. The second-order valence-corrected chi connectivity index (χ2v) is 7.82. The molecule has 1 saturated heterocycles. The Morgan fingerprint density at radius 3 is 2.48 bits per heavy atom. The summed E-state index contributed by atoms with van der Waals surface area (Å²) < 4.78 is 0. The van der Waals surface area contributed by atoms with Crippen LogP contribution in [0.4, 0.5) is 21.0 Å². The first kappa shape index (κ1) is 20.7. The van der Waals surface area contributed by atoms with Gasteiger partial charge >= 0.3 is 6.03 Å². The highest BCUT2D eigenvalue weighted by atomic mass is 32.2. The smallest absolute Gasteiger partial charge is 0.323 e. The molecule has 1 fully saturated rings. The van der Waals surface area contributed by atoms with Gasteiger partial charge in [0.2, 0.25) is 5.91 Å². The van der Waals surface area contributed by atoms with Crippen LogP contribution in [0.2, 0.25) is 0 Å². The molecule has 7 nitrogen and oxygen atoms in total. The Labute approximate surface area is 174 Å². The summed E-state index contributed by atoms with van der Waals surface area (Å²) in [6, 6.07) is 14.5. The number of hydrogen-bond donors (Lipinski definition) is 3. The van der Waals surface area contributed by atoms with Crippen LogP contribution in [-0.4, -0.2) is 40.9 Å². The molecule has 0 saturated carbocycles. The lowest BCUT2D eigenvalue weighted by Crippen LogP contribution is -2.30. The fourth-order valence-corrected chi connectivity index (χ4v) is 3.78. The third kappa shape index (κ3) is 6.53. The van der Waals surface area contributed by atoms with Gasteiger partial charge < -0.3 is 20.9 Å². The standard InChI is InChI=1S/C21H24N4O3S/c1-15-4-2-6-17(12-15)23-20(27)24-18-7-3-5-16(13-18)14-22-19(26)8-9-25-10-11-29-21(25)28/h2-7,12-13H,8-11,14H2,1H3,(H,22,26)(H2,23,24,27). The molecule has 0 bridgehead atoms. The van der Waals surface area contributed by atoms with Gasteiger partial charge in [-0.3, -0.25) is 9.59 Å². The number of hydrogen-bond acceptors (Lipinski definition) is 4. The molecule has 2 aromatic carbocycles. The van der Waals surface area contributed by atoms with Crippen molar-refractivity contribution in [3.8, 4) is 0 Å². The van der Waals surface area contributed by atoms with E-state index in [0.29, 0.717) is 25.3 Å². The molecular formula is C21H24N4O3S. The van der Waals surface area contributed by atoms with E-state index in [9.17, 15) is 14.4 Å². The lowest BCUT2D eigenvalue weighted by atomic mass is 10.2. The van der Waals surface area contributed by atoms with Crippen LogP contribution in [0.3, 0.4) is 0 Å². The Bertz CT molecular complexity index is 903. The van der Waals surface area contributed by atoms with Gasteiger partial charge in [-0.05, 0) is 42.3 Å². The topological polar surface area (TPSA) is 90.5 Å². The number of nitrogens with one attached hydrogen (secondary N) is 3. The number of carbonyl (C=O) groups excluding carboxylic acids is 3. The largest absolute Gasteiger partial charge is 0.352 e. The maximum atomic E-state index is 12.2. The fourth-order valence-electron chi connectivity index (χ4n) is 2.93. The van der Waals surface area contributed by atoms with Gasteiger partial charge in [-0.25, -0.2) is 4.79 Å². The average Bonchev–Trinajstić information content (AvgIpc) is 3.10. The highest BCUT2D eigenvalue weighted by molar-refractivity contribution is 8.13. The Morgan fingerprint density at radius 1 is 1.07 bits per heavy atom. The lowest BCUT2D eigenvalue weighted by Gasteiger charge is -2.14. The second-order valence-electron chi connectivity index (χ2n) is 6.78. The van der Waals surface area contributed by atoms with Crippen LogP contribution in [0.5, 0.6) is 0 Å². The third-order valence-electron chi connectivity index (χ3n) is 4.40. The summed E-state index contributed by atoms with van der Waals surface area (Å²) in [7, 11) is 0. The molecule has 152 valence electrons. The highest BCUT2D eigenvalue weighted by Crippen LogP contribution is 2.17. The number of thioether (sulfide) groups is 1. The maximum Gasteiger partial charge on any atom is 0.323 e. The molecule has 4 amide bonds. The summed E-state index contributed by atoms with van der Waals surface area (Å²) in [6.07, 6.45) is 0.281. The third-order valence-corrected chi connectivity index (χ3v) is 5.30. The fraction of sp³-hybridized carbons (Fsp3) is 0.286. The number of amides is 4. The Morgan fingerprint density at radius 2 is 1.79 bits per heavy atom. The molecule has 1 heterocycles. The first-order valence-electron chi connectivity index (χ1n) is 9.41. The number of nitrogens with zero attached hydrogens (tertiary/aromatic N) is 1. The predicted molar refractivity (Wildman–Crippen MR) is 116 cm³/mol. The first-order chi connectivity index (χ1) is 14.0. The molecule has 3 N–H and O–H groups in total. The van der Waals surface area contributed by atoms with Crippen LogP contribution in [0.15, 0.2) is 48.5 Å². The SMILES string of the molecule is Cc1cccc(NC(=O)Nc2cccc(CNC(=O)CCN3CCSC3=O)c2)c1. The van der Waals surface area contributed by atoms with Crippen molar-refractivity contribution in [2.75, 3.05) is 29.5 Å². The number of anilines is 2. The van der Waals surface area contributed by atoms with Crippen molar-refractivity contribution in [1.29, 1.82) is 0 Å². The van der Waals surface area contributed by atoms with Crippen LogP contribution in [0.1, 0.15) is 17.5 Å². The van der Waals surface area contributed by atoms with Gasteiger partial charge in [0, 0.05) is 43.2 Å². The van der Waals surface area contributed by atoms with E-state index >= 15 is 0 Å². The average molecular weight is 413 g/mol. The molecule has 0 aliphatic carbocycles. The summed E-state index contributed by atoms with van der Waals surface area (Å²) in [5, 5.41) is 8.48. The lowest BCUT2D eigenvalue weighted by molar-refractivity contribution is -0.121. The molecule has 29 heavy (non-hydrogen) atoms. The Hall–Kier alpha value is -3.00. The van der Waals surface area contributed by atoms with Crippen molar-refractivity contribution >= 4 is 40.3 Å². The van der Waals surface area contributed by atoms with Crippen molar-refractivity contribution in [2.24, 2.45) is 0 Å². The summed E-state index contributed by atoms with van der Waals surface area (Å²) in [6.45, 7) is 3.47. The molecule has 0 atom stereocenters. The van der Waals surface area contributed by atoms with Gasteiger partial charge in [-0.1, -0.05) is 36.0 Å². The van der Waals surface area contributed by atoms with E-state index in [1.165, 1.54) is 11.8 Å². The van der Waals surface area contributed by atoms with Gasteiger partial charge in [0.05, 0.1) is 0 Å². The van der Waals surface area contributed by atoms with Gasteiger partial charge in [-0.2, -0.15) is 0 Å². The molecule has 0 radical (unpaired) electrons. The van der Waals surface area contributed by atoms with E-state index in [2.05, 4.69) is 16.0 Å². The molecule has 1 aliphatic heterocycles. The zero-order valence-corrected chi connectivity index (χ0v) is 17.1. The van der Waals surface area contributed by atoms with Gasteiger partial charge in [0.25, 0.3) is 5.24 Å². The zero-order chi connectivity index (χ0) is 20.6.